The number of nitrogens with one attached hydrogen (secondary N) is 1. The van der Waals surface area contributed by atoms with Gasteiger partial charge in [0, 0.05) is 25.1 Å². The van der Waals surface area contributed by atoms with Crippen LogP contribution in [0.3, 0.4) is 0 Å². The number of nitrogens with two attached hydrogens (primary N) is 1. The van der Waals surface area contributed by atoms with E-state index >= 15 is 0 Å². The lowest BCUT2D eigenvalue weighted by Gasteiger charge is -2.23. The van der Waals surface area contributed by atoms with Crippen molar-refractivity contribution in [3.63, 3.8) is 0 Å². The molecule has 1 unspecified atom stereocenters. The summed E-state index contributed by atoms with van der Waals surface area (Å²) in [5, 5.41) is 2.94. The van der Waals surface area contributed by atoms with E-state index in [1.54, 1.807) is 18.2 Å². The highest BCUT2D eigenvalue weighted by Crippen LogP contribution is 2.25. The van der Waals surface area contributed by atoms with E-state index in [2.05, 4.69) is 10.3 Å². The fraction of sp³-hybridized carbons (Fsp3) is 0.292. The zero-order valence-corrected chi connectivity index (χ0v) is 17.6. The highest BCUT2D eigenvalue weighted by molar-refractivity contribution is 5.91. The molecule has 1 aromatic heterocycles. The predicted molar refractivity (Wildman–Crippen MR) is 118 cm³/mol. The van der Waals surface area contributed by atoms with Gasteiger partial charge >= 0.3 is 0 Å². The second-order valence-electron chi connectivity index (χ2n) is 7.83. The Balaban J connectivity index is 1.36. The van der Waals surface area contributed by atoms with Gasteiger partial charge in [0.15, 0.2) is 11.7 Å². The maximum atomic E-state index is 13.9. The third-order valence-electron chi connectivity index (χ3n) is 5.62. The van der Waals surface area contributed by atoms with E-state index in [1.807, 2.05) is 29.2 Å². The largest absolute Gasteiger partial charge is 0.441 e. The van der Waals surface area contributed by atoms with Crippen molar-refractivity contribution >= 4 is 17.5 Å². The summed E-state index contributed by atoms with van der Waals surface area (Å²) in [6.07, 6.45) is 3.60. The van der Waals surface area contributed by atoms with Crippen LogP contribution in [0.15, 0.2) is 59.1 Å². The van der Waals surface area contributed by atoms with Crippen LogP contribution in [0.1, 0.15) is 30.7 Å². The summed E-state index contributed by atoms with van der Waals surface area (Å²) in [5.41, 5.74) is 7.47. The van der Waals surface area contributed by atoms with Gasteiger partial charge in [-0.3, -0.25) is 14.5 Å². The number of carbonyl (C=O) groups is 2. The number of hydrogen-bond acceptors (Lipinski definition) is 5. The lowest BCUT2D eigenvalue weighted by atomic mass is 10.1. The third-order valence-corrected chi connectivity index (χ3v) is 5.62. The van der Waals surface area contributed by atoms with Crippen molar-refractivity contribution in [2.75, 3.05) is 11.9 Å². The van der Waals surface area contributed by atoms with Gasteiger partial charge in [0.25, 0.3) is 0 Å². The van der Waals surface area contributed by atoms with Crippen LogP contribution in [-0.4, -0.2) is 34.3 Å². The molecule has 4 rings (SSSR count). The van der Waals surface area contributed by atoms with Crippen LogP contribution in [0, 0.1) is 5.82 Å². The fourth-order valence-corrected chi connectivity index (χ4v) is 3.98. The van der Waals surface area contributed by atoms with E-state index in [0.717, 1.165) is 24.9 Å². The first kappa shape index (κ1) is 21.7. The molecule has 3 N–H and O–H groups in total. The van der Waals surface area contributed by atoms with Crippen molar-refractivity contribution in [2.24, 2.45) is 5.73 Å². The number of amides is 2. The molecule has 7 nitrogen and oxygen atoms in total. The van der Waals surface area contributed by atoms with E-state index in [0.29, 0.717) is 35.9 Å². The molecule has 0 bridgehead atoms. The van der Waals surface area contributed by atoms with E-state index in [1.165, 1.54) is 12.3 Å². The number of oxazole rings is 1. The Labute approximate surface area is 185 Å². The Hall–Kier alpha value is -3.52. The van der Waals surface area contributed by atoms with Gasteiger partial charge in [-0.15, -0.1) is 0 Å². The average Bonchev–Trinajstić information content (AvgIpc) is 3.44. The Morgan fingerprint density at radius 2 is 1.97 bits per heavy atom. The summed E-state index contributed by atoms with van der Waals surface area (Å²) in [6.45, 7) is 1.33. The second-order valence-corrected chi connectivity index (χ2v) is 7.83. The Bertz CT molecular complexity index is 1110. The molecule has 8 heteroatoms. The molecule has 2 aromatic carbocycles. The maximum absolute atomic E-state index is 13.9. The van der Waals surface area contributed by atoms with Gasteiger partial charge in [-0.2, -0.15) is 0 Å². The molecular formula is C24H25FN4O3. The molecule has 3 aromatic rings. The van der Waals surface area contributed by atoms with Crippen molar-refractivity contribution < 1.29 is 18.4 Å². The molecule has 1 atom stereocenters. The summed E-state index contributed by atoms with van der Waals surface area (Å²) >= 11 is 0. The van der Waals surface area contributed by atoms with Gasteiger partial charge in [-0.1, -0.05) is 30.3 Å². The summed E-state index contributed by atoms with van der Waals surface area (Å²) < 4.78 is 19.5. The third kappa shape index (κ3) is 5.03. The van der Waals surface area contributed by atoms with E-state index in [4.69, 9.17) is 10.2 Å². The molecule has 0 spiro atoms. The van der Waals surface area contributed by atoms with Crippen LogP contribution in [0.2, 0.25) is 0 Å². The highest BCUT2D eigenvalue weighted by Gasteiger charge is 2.29. The smallest absolute Gasteiger partial charge is 0.234 e. The SMILES string of the molecule is NC(=O)C1CCCN1Cc1ccccc1NC(=O)CCc1ncc(-c2ccccc2F)o1. The number of primary amides is 1. The Morgan fingerprint density at radius 1 is 1.19 bits per heavy atom. The normalized spacial score (nSPS) is 16.2. The number of benzene rings is 2. The van der Waals surface area contributed by atoms with Crippen molar-refractivity contribution in [3.05, 3.63) is 72.0 Å². The van der Waals surface area contributed by atoms with Crippen molar-refractivity contribution in [1.29, 1.82) is 0 Å². The monoisotopic (exact) mass is 436 g/mol. The predicted octanol–water partition coefficient (Wildman–Crippen LogP) is 3.50. The van der Waals surface area contributed by atoms with Gasteiger partial charge < -0.3 is 15.5 Å². The first-order valence-corrected chi connectivity index (χ1v) is 10.6. The molecule has 1 aliphatic heterocycles. The average molecular weight is 436 g/mol. The van der Waals surface area contributed by atoms with Crippen molar-refractivity contribution in [3.8, 4) is 11.3 Å². The molecule has 32 heavy (non-hydrogen) atoms. The number of hydrogen-bond donors (Lipinski definition) is 2. The van der Waals surface area contributed by atoms with Crippen LogP contribution in [0.4, 0.5) is 10.1 Å². The lowest BCUT2D eigenvalue weighted by Crippen LogP contribution is -2.39. The molecule has 1 saturated heterocycles. The van der Waals surface area contributed by atoms with Gasteiger partial charge in [-0.05, 0) is 43.1 Å². The summed E-state index contributed by atoms with van der Waals surface area (Å²) in [6, 6.07) is 13.6. The van der Waals surface area contributed by atoms with Gasteiger partial charge in [0.1, 0.15) is 5.82 Å². The number of aryl methyl sites for hydroxylation is 1. The van der Waals surface area contributed by atoms with E-state index in [-0.39, 0.29) is 30.1 Å². The van der Waals surface area contributed by atoms with Crippen molar-refractivity contribution in [2.45, 2.75) is 38.3 Å². The number of rotatable bonds is 8. The topological polar surface area (TPSA) is 101 Å². The van der Waals surface area contributed by atoms with Crippen LogP contribution in [-0.2, 0) is 22.6 Å². The molecule has 2 amide bonds. The molecular weight excluding hydrogens is 411 g/mol. The first-order valence-electron chi connectivity index (χ1n) is 10.6. The van der Waals surface area contributed by atoms with E-state index in [9.17, 15) is 14.0 Å². The second kappa shape index (κ2) is 9.74. The minimum absolute atomic E-state index is 0.166. The number of anilines is 1. The minimum atomic E-state index is -0.388. The van der Waals surface area contributed by atoms with Crippen molar-refractivity contribution in [1.82, 2.24) is 9.88 Å². The van der Waals surface area contributed by atoms with Gasteiger partial charge in [0.05, 0.1) is 17.8 Å². The molecule has 166 valence electrons. The molecule has 0 saturated carbocycles. The minimum Gasteiger partial charge on any atom is -0.441 e. The molecule has 1 aliphatic rings. The number of likely N-dealkylation sites (tertiary alicyclic amines) is 1. The Morgan fingerprint density at radius 3 is 2.78 bits per heavy atom. The van der Waals surface area contributed by atoms with Crippen LogP contribution < -0.4 is 11.1 Å². The number of para-hydroxylation sites is 1. The summed E-state index contributed by atoms with van der Waals surface area (Å²) in [4.78, 5) is 30.4. The number of nitrogens with zero attached hydrogens (tertiary/aromatic N) is 2. The fourth-order valence-electron chi connectivity index (χ4n) is 3.98. The Kier molecular flexibility index (Phi) is 6.61. The van der Waals surface area contributed by atoms with Gasteiger partial charge in [0.2, 0.25) is 11.8 Å². The lowest BCUT2D eigenvalue weighted by molar-refractivity contribution is -0.122. The number of halogens is 1. The number of carbonyl (C=O) groups excluding carboxylic acids is 2. The molecule has 1 fully saturated rings. The van der Waals surface area contributed by atoms with Crippen LogP contribution >= 0.6 is 0 Å². The standard InChI is InChI=1S/C24H25FN4O3/c25-18-8-3-2-7-17(18)21-14-27-23(32-21)12-11-22(30)28-19-9-4-1-6-16(19)15-29-13-5-10-20(29)24(26)31/h1-4,6-9,14,20H,5,10-13,15H2,(H2,26,31)(H,28,30). The molecule has 0 aliphatic carbocycles. The van der Waals surface area contributed by atoms with Gasteiger partial charge in [-0.25, -0.2) is 9.37 Å². The van der Waals surface area contributed by atoms with Crippen LogP contribution in [0.5, 0.6) is 0 Å². The molecule has 2 heterocycles. The van der Waals surface area contributed by atoms with Crippen LogP contribution in [0.25, 0.3) is 11.3 Å². The zero-order valence-electron chi connectivity index (χ0n) is 17.6. The molecule has 0 radical (unpaired) electrons. The maximum Gasteiger partial charge on any atom is 0.234 e. The highest BCUT2D eigenvalue weighted by atomic mass is 19.1. The summed E-state index contributed by atoms with van der Waals surface area (Å²) in [7, 11) is 0. The number of aromatic nitrogens is 1. The first-order chi connectivity index (χ1) is 15.5. The quantitative estimate of drug-likeness (QED) is 0.563. The zero-order chi connectivity index (χ0) is 22.5. The summed E-state index contributed by atoms with van der Waals surface area (Å²) in [5.74, 6) is -0.187. The van der Waals surface area contributed by atoms with E-state index < -0.39 is 0 Å².